The summed E-state index contributed by atoms with van der Waals surface area (Å²) in [5.74, 6) is 2.79. The molecule has 0 aliphatic carbocycles. The second kappa shape index (κ2) is 17.4. The second-order valence-corrected chi connectivity index (χ2v) is 9.97. The van der Waals surface area contributed by atoms with Gasteiger partial charge in [0.05, 0.1) is 26.2 Å². The minimum absolute atomic E-state index is 1.36. The van der Waals surface area contributed by atoms with E-state index in [1.165, 1.54) is 145 Å². The fourth-order valence-corrected chi connectivity index (χ4v) is 5.66. The molecular weight excluding hydrogens is 334 g/mol. The van der Waals surface area contributed by atoms with Gasteiger partial charge in [0, 0.05) is 11.5 Å². The molecular formula is C24H50NS+. The number of quaternary nitrogens is 1. The van der Waals surface area contributed by atoms with Crippen molar-refractivity contribution in [3.63, 3.8) is 0 Å². The maximum absolute atomic E-state index is 2.41. The Bertz CT molecular complexity index is 286. The second-order valence-electron chi connectivity index (χ2n) is 8.74. The molecule has 0 aromatic carbocycles. The number of hydrogen-bond acceptors (Lipinski definition) is 1. The van der Waals surface area contributed by atoms with E-state index in [1.54, 1.807) is 0 Å². The number of thioether (sulfide) groups is 1. The van der Waals surface area contributed by atoms with Gasteiger partial charge >= 0.3 is 0 Å². The molecule has 2 heteroatoms. The minimum Gasteiger partial charge on any atom is -0.322 e. The molecule has 156 valence electrons. The lowest BCUT2D eigenvalue weighted by molar-refractivity contribution is -0.923. The highest BCUT2D eigenvalue weighted by Gasteiger charge is 2.27. The van der Waals surface area contributed by atoms with Crippen molar-refractivity contribution < 1.29 is 4.48 Å². The Kier molecular flexibility index (Phi) is 16.3. The largest absolute Gasteiger partial charge is 0.322 e. The van der Waals surface area contributed by atoms with E-state index in [2.05, 4.69) is 25.6 Å². The zero-order chi connectivity index (χ0) is 18.8. The van der Waals surface area contributed by atoms with E-state index >= 15 is 0 Å². The molecule has 1 aliphatic rings. The van der Waals surface area contributed by atoms with Gasteiger partial charge in [-0.25, -0.2) is 0 Å². The molecule has 0 bridgehead atoms. The van der Waals surface area contributed by atoms with Gasteiger partial charge < -0.3 is 4.48 Å². The molecule has 0 aromatic rings. The summed E-state index contributed by atoms with van der Waals surface area (Å²) in [6.07, 6.45) is 23.6. The van der Waals surface area contributed by atoms with E-state index in [9.17, 15) is 0 Å². The summed E-state index contributed by atoms with van der Waals surface area (Å²) in [7, 11) is 0. The van der Waals surface area contributed by atoms with Crippen LogP contribution in [0.4, 0.5) is 0 Å². The molecule has 1 rings (SSSR count). The summed E-state index contributed by atoms with van der Waals surface area (Å²) in [5.41, 5.74) is 0. The molecule has 0 spiro atoms. The Balaban J connectivity index is 1.77. The van der Waals surface area contributed by atoms with Crippen LogP contribution < -0.4 is 0 Å². The van der Waals surface area contributed by atoms with E-state index < -0.39 is 0 Å². The van der Waals surface area contributed by atoms with Crippen LogP contribution in [0.15, 0.2) is 0 Å². The van der Waals surface area contributed by atoms with Gasteiger partial charge in [0.15, 0.2) is 0 Å². The SMILES string of the molecule is CCCCCCCCCCCCCCCCCC[N+]1(CC)CCSCC1. The summed E-state index contributed by atoms with van der Waals surface area (Å²) in [5, 5.41) is 0. The first-order valence-electron chi connectivity index (χ1n) is 12.3. The fraction of sp³-hybridized carbons (Fsp3) is 1.00. The monoisotopic (exact) mass is 384 g/mol. The third-order valence-corrected chi connectivity index (χ3v) is 7.52. The van der Waals surface area contributed by atoms with E-state index in [0.29, 0.717) is 0 Å². The van der Waals surface area contributed by atoms with Crippen molar-refractivity contribution in [2.45, 2.75) is 117 Å². The van der Waals surface area contributed by atoms with Crippen molar-refractivity contribution in [3.05, 3.63) is 0 Å². The quantitative estimate of drug-likeness (QED) is 0.171. The van der Waals surface area contributed by atoms with Crippen molar-refractivity contribution in [1.29, 1.82) is 0 Å². The molecule has 1 fully saturated rings. The van der Waals surface area contributed by atoms with Crippen molar-refractivity contribution in [1.82, 2.24) is 0 Å². The van der Waals surface area contributed by atoms with E-state index in [4.69, 9.17) is 0 Å². The Morgan fingerprint density at radius 1 is 0.538 bits per heavy atom. The maximum Gasteiger partial charge on any atom is 0.0878 e. The van der Waals surface area contributed by atoms with Gasteiger partial charge in [-0.3, -0.25) is 0 Å². The van der Waals surface area contributed by atoms with Crippen LogP contribution in [0.2, 0.25) is 0 Å². The van der Waals surface area contributed by atoms with Crippen molar-refractivity contribution >= 4 is 11.8 Å². The van der Waals surface area contributed by atoms with Crippen LogP contribution in [0, 0.1) is 0 Å². The zero-order valence-corrected chi connectivity index (χ0v) is 19.2. The first-order valence-corrected chi connectivity index (χ1v) is 13.4. The maximum atomic E-state index is 2.41. The first-order chi connectivity index (χ1) is 12.8. The Labute approximate surface area is 170 Å². The highest BCUT2D eigenvalue weighted by molar-refractivity contribution is 7.99. The van der Waals surface area contributed by atoms with Gasteiger partial charge in [-0.2, -0.15) is 11.8 Å². The van der Waals surface area contributed by atoms with Crippen LogP contribution in [0.3, 0.4) is 0 Å². The lowest BCUT2D eigenvalue weighted by Gasteiger charge is -2.40. The van der Waals surface area contributed by atoms with Crippen LogP contribution in [0.25, 0.3) is 0 Å². The highest BCUT2D eigenvalue weighted by Crippen LogP contribution is 2.20. The fourth-order valence-electron chi connectivity index (χ4n) is 4.42. The summed E-state index contributed by atoms with van der Waals surface area (Å²) < 4.78 is 1.42. The highest BCUT2D eigenvalue weighted by atomic mass is 32.2. The van der Waals surface area contributed by atoms with Crippen LogP contribution >= 0.6 is 11.8 Å². The van der Waals surface area contributed by atoms with Gasteiger partial charge in [-0.05, 0) is 19.8 Å². The first kappa shape index (κ1) is 24.3. The summed E-state index contributed by atoms with van der Waals surface area (Å²) in [6, 6.07) is 0. The van der Waals surface area contributed by atoms with Gasteiger partial charge in [0.25, 0.3) is 0 Å². The number of unbranched alkanes of at least 4 members (excludes halogenated alkanes) is 15. The molecule has 0 N–H and O–H groups in total. The van der Waals surface area contributed by atoms with Crippen LogP contribution in [0.1, 0.15) is 117 Å². The Hall–Kier alpha value is 0.310. The predicted octanol–water partition coefficient (Wildman–Crippen LogP) is 7.83. The van der Waals surface area contributed by atoms with Crippen LogP contribution in [-0.4, -0.2) is 42.2 Å². The molecule has 1 saturated heterocycles. The van der Waals surface area contributed by atoms with E-state index in [1.807, 2.05) is 0 Å². The summed E-state index contributed by atoms with van der Waals surface area (Å²) in [4.78, 5) is 0. The molecule has 1 aliphatic heterocycles. The summed E-state index contributed by atoms with van der Waals surface area (Å²) >= 11 is 2.16. The van der Waals surface area contributed by atoms with Crippen molar-refractivity contribution in [2.75, 3.05) is 37.7 Å². The normalized spacial score (nSPS) is 16.8. The summed E-state index contributed by atoms with van der Waals surface area (Å²) in [6.45, 7) is 10.4. The lowest BCUT2D eigenvalue weighted by atomic mass is 10.0. The molecule has 0 atom stereocenters. The Morgan fingerprint density at radius 3 is 1.31 bits per heavy atom. The predicted molar refractivity (Wildman–Crippen MR) is 122 cm³/mol. The minimum atomic E-state index is 1.36. The smallest absolute Gasteiger partial charge is 0.0878 e. The number of nitrogens with zero attached hydrogens (tertiary/aromatic N) is 1. The molecule has 1 nitrogen and oxygen atoms in total. The van der Waals surface area contributed by atoms with E-state index in [-0.39, 0.29) is 0 Å². The van der Waals surface area contributed by atoms with Gasteiger partial charge in [-0.1, -0.05) is 96.8 Å². The molecule has 0 aromatic heterocycles. The standard InChI is InChI=1S/C24H50NS/c1-3-5-6-7-8-9-10-11-12-13-14-15-16-17-18-19-20-25(4-2)21-23-26-24-22-25/h3-24H2,1-2H3/q+1. The average Bonchev–Trinajstić information content (AvgIpc) is 2.68. The number of hydrogen-bond donors (Lipinski definition) is 0. The third-order valence-electron chi connectivity index (χ3n) is 6.58. The zero-order valence-electron chi connectivity index (χ0n) is 18.4. The topological polar surface area (TPSA) is 0 Å². The van der Waals surface area contributed by atoms with E-state index in [0.717, 1.165) is 0 Å². The van der Waals surface area contributed by atoms with Crippen molar-refractivity contribution in [2.24, 2.45) is 0 Å². The molecule has 0 saturated carbocycles. The molecule has 1 heterocycles. The number of rotatable bonds is 18. The van der Waals surface area contributed by atoms with Crippen LogP contribution in [0.5, 0.6) is 0 Å². The molecule has 0 unspecified atom stereocenters. The van der Waals surface area contributed by atoms with Crippen LogP contribution in [-0.2, 0) is 0 Å². The van der Waals surface area contributed by atoms with Gasteiger partial charge in [0.1, 0.15) is 0 Å². The van der Waals surface area contributed by atoms with Crippen molar-refractivity contribution in [3.8, 4) is 0 Å². The van der Waals surface area contributed by atoms with Gasteiger partial charge in [-0.15, -0.1) is 0 Å². The Morgan fingerprint density at radius 2 is 0.923 bits per heavy atom. The molecule has 0 radical (unpaired) electrons. The van der Waals surface area contributed by atoms with Gasteiger partial charge in [0.2, 0.25) is 0 Å². The third kappa shape index (κ3) is 12.7. The average molecular weight is 385 g/mol. The molecule has 26 heavy (non-hydrogen) atoms. The molecule has 0 amide bonds. The lowest BCUT2D eigenvalue weighted by Crippen LogP contribution is -2.53.